The molecule has 0 aromatic heterocycles. The number of amides is 2. The number of rotatable bonds is 12. The Morgan fingerprint density at radius 2 is 1.60 bits per heavy atom. The number of anilines is 1. The topological polar surface area (TPSA) is 105 Å². The van der Waals surface area contributed by atoms with E-state index in [1.165, 1.54) is 4.31 Å². The van der Waals surface area contributed by atoms with Gasteiger partial charge in [0.15, 0.2) is 11.5 Å². The fraction of sp³-hybridized carbons (Fsp3) is 0.394. The van der Waals surface area contributed by atoms with E-state index in [0.29, 0.717) is 23.6 Å². The Morgan fingerprint density at radius 1 is 0.930 bits per heavy atom. The summed E-state index contributed by atoms with van der Waals surface area (Å²) >= 11 is 0. The summed E-state index contributed by atoms with van der Waals surface area (Å²) in [6, 6.07) is 21.7. The molecule has 3 aromatic rings. The molecule has 0 bridgehead atoms. The molecule has 230 valence electrons. The van der Waals surface area contributed by atoms with Gasteiger partial charge in [-0.05, 0) is 57.4 Å². The van der Waals surface area contributed by atoms with E-state index < -0.39 is 21.6 Å². The third-order valence-corrected chi connectivity index (χ3v) is 8.23. The third kappa shape index (κ3) is 8.97. The van der Waals surface area contributed by atoms with Crippen LogP contribution in [0.25, 0.3) is 0 Å². The Bertz CT molecular complexity index is 1520. The molecule has 1 atom stereocenters. The minimum atomic E-state index is -3.65. The highest BCUT2D eigenvalue weighted by Gasteiger charge is 2.32. The molecule has 1 aliphatic heterocycles. The van der Waals surface area contributed by atoms with E-state index in [9.17, 15) is 18.0 Å². The number of fused-ring (bicyclic) bond motifs is 1. The summed E-state index contributed by atoms with van der Waals surface area (Å²) in [5.74, 6) is 0.553. The highest BCUT2D eigenvalue weighted by atomic mass is 32.2. The van der Waals surface area contributed by atoms with Gasteiger partial charge in [0, 0.05) is 37.5 Å². The van der Waals surface area contributed by atoms with Crippen molar-refractivity contribution in [1.29, 1.82) is 0 Å². The summed E-state index contributed by atoms with van der Waals surface area (Å²) in [4.78, 5) is 29.3. The number of benzene rings is 3. The van der Waals surface area contributed by atoms with E-state index in [0.717, 1.165) is 22.9 Å². The van der Waals surface area contributed by atoms with Crippen LogP contribution < -0.4 is 19.1 Å². The number of hydrogen-bond acceptors (Lipinski definition) is 6. The lowest BCUT2D eigenvalue weighted by atomic mass is 10.00. The van der Waals surface area contributed by atoms with Gasteiger partial charge in [0.05, 0.1) is 11.9 Å². The van der Waals surface area contributed by atoms with Gasteiger partial charge in [-0.3, -0.25) is 13.9 Å². The Kier molecular flexibility index (Phi) is 10.0. The molecule has 9 nitrogen and oxygen atoms in total. The molecule has 43 heavy (non-hydrogen) atoms. The molecule has 1 heterocycles. The van der Waals surface area contributed by atoms with E-state index in [-0.39, 0.29) is 44.5 Å². The van der Waals surface area contributed by atoms with E-state index >= 15 is 0 Å². The van der Waals surface area contributed by atoms with Crippen LogP contribution in [0.4, 0.5) is 5.69 Å². The molecule has 10 heteroatoms. The predicted octanol–water partition coefficient (Wildman–Crippen LogP) is 4.82. The second-order valence-corrected chi connectivity index (χ2v) is 13.8. The first-order chi connectivity index (χ1) is 20.3. The van der Waals surface area contributed by atoms with Crippen molar-refractivity contribution in [2.45, 2.75) is 65.1 Å². The first kappa shape index (κ1) is 31.9. The molecule has 4 rings (SSSR count). The van der Waals surface area contributed by atoms with Gasteiger partial charge in [0.2, 0.25) is 28.6 Å². The molecule has 1 aliphatic rings. The van der Waals surface area contributed by atoms with Crippen LogP contribution in [0.3, 0.4) is 0 Å². The van der Waals surface area contributed by atoms with Crippen LogP contribution in [-0.2, 0) is 32.6 Å². The average Bonchev–Trinajstić information content (AvgIpc) is 3.41. The third-order valence-electron chi connectivity index (χ3n) is 7.04. The number of carbonyl (C=O) groups excluding carboxylic acids is 2. The molecule has 0 radical (unpaired) electrons. The van der Waals surface area contributed by atoms with Gasteiger partial charge in [0.1, 0.15) is 6.04 Å². The SMILES string of the molecule is Cc1ccc(CN(C(=O)CCCN(c2ccc3c(c2)OCO3)S(C)(=O)=O)[C@H](Cc2ccccc2)C(=O)NC(C)(C)C)cc1. The zero-order chi connectivity index (χ0) is 31.2. The summed E-state index contributed by atoms with van der Waals surface area (Å²) in [6.07, 6.45) is 1.78. The molecule has 1 N–H and O–H groups in total. The van der Waals surface area contributed by atoms with E-state index in [2.05, 4.69) is 5.32 Å². The normalized spacial score (nSPS) is 13.3. The van der Waals surface area contributed by atoms with Gasteiger partial charge in [-0.2, -0.15) is 0 Å². The Morgan fingerprint density at radius 3 is 2.26 bits per heavy atom. The molecule has 3 aromatic carbocycles. The maximum absolute atomic E-state index is 14.0. The van der Waals surface area contributed by atoms with Crippen LogP contribution in [0.15, 0.2) is 72.8 Å². The van der Waals surface area contributed by atoms with Crippen molar-refractivity contribution in [3.05, 3.63) is 89.5 Å². The lowest BCUT2D eigenvalue weighted by molar-refractivity contribution is -0.142. The van der Waals surface area contributed by atoms with Crippen LogP contribution in [0.5, 0.6) is 11.5 Å². The van der Waals surface area contributed by atoms with Crippen LogP contribution in [-0.4, -0.2) is 56.3 Å². The Balaban J connectivity index is 1.58. The van der Waals surface area contributed by atoms with Crippen molar-refractivity contribution in [3.8, 4) is 11.5 Å². The number of nitrogens with zero attached hydrogens (tertiary/aromatic N) is 2. The lowest BCUT2D eigenvalue weighted by Crippen LogP contribution is -2.54. The summed E-state index contributed by atoms with van der Waals surface area (Å²) in [6.45, 7) is 8.13. The quantitative estimate of drug-likeness (QED) is 0.317. The van der Waals surface area contributed by atoms with E-state index in [1.54, 1.807) is 23.1 Å². The Hall–Kier alpha value is -4.05. The van der Waals surface area contributed by atoms with Crippen molar-refractivity contribution in [3.63, 3.8) is 0 Å². The van der Waals surface area contributed by atoms with Crippen molar-refractivity contribution in [2.75, 3.05) is 23.9 Å². The maximum atomic E-state index is 14.0. The van der Waals surface area contributed by atoms with Crippen molar-refractivity contribution in [1.82, 2.24) is 10.2 Å². The molecule has 0 aliphatic carbocycles. The van der Waals surface area contributed by atoms with Crippen LogP contribution in [0.2, 0.25) is 0 Å². The van der Waals surface area contributed by atoms with Gasteiger partial charge >= 0.3 is 0 Å². The number of hydrogen-bond donors (Lipinski definition) is 1. The van der Waals surface area contributed by atoms with Crippen LogP contribution in [0.1, 0.15) is 50.3 Å². The minimum absolute atomic E-state index is 0.0521. The molecule has 0 saturated carbocycles. The van der Waals surface area contributed by atoms with Gasteiger partial charge in [-0.15, -0.1) is 0 Å². The van der Waals surface area contributed by atoms with Gasteiger partial charge in [-0.25, -0.2) is 8.42 Å². The first-order valence-corrected chi connectivity index (χ1v) is 16.2. The van der Waals surface area contributed by atoms with Crippen molar-refractivity contribution >= 4 is 27.5 Å². The smallest absolute Gasteiger partial charge is 0.243 e. The number of nitrogens with one attached hydrogen (secondary N) is 1. The van der Waals surface area contributed by atoms with Crippen LogP contribution in [0, 0.1) is 6.92 Å². The standard InChI is InChI=1S/C33H41N3O6S/c1-24-13-15-26(16-14-24)22-35(28(32(38)34-33(2,3)4)20-25-10-7-6-8-11-25)31(37)12-9-19-36(43(5,39)40)27-17-18-29-30(21-27)42-23-41-29/h6-8,10-11,13-18,21,28H,9,12,19-20,22-23H2,1-5H3,(H,34,38)/t28-/m1/s1. The zero-order valence-electron chi connectivity index (χ0n) is 25.5. The second-order valence-electron chi connectivity index (χ2n) is 11.9. The summed E-state index contributed by atoms with van der Waals surface area (Å²) in [5.41, 5.74) is 2.87. The summed E-state index contributed by atoms with van der Waals surface area (Å²) in [5, 5.41) is 3.06. The predicted molar refractivity (Wildman–Crippen MR) is 168 cm³/mol. The molecule has 0 unspecified atom stereocenters. The van der Waals surface area contributed by atoms with Crippen molar-refractivity contribution < 1.29 is 27.5 Å². The highest BCUT2D eigenvalue weighted by Crippen LogP contribution is 2.36. The molecule has 0 fully saturated rings. The molecule has 2 amide bonds. The van der Waals surface area contributed by atoms with Gasteiger partial charge < -0.3 is 19.7 Å². The second kappa shape index (κ2) is 13.5. The summed E-state index contributed by atoms with van der Waals surface area (Å²) < 4.78 is 37.5. The van der Waals surface area contributed by atoms with Crippen molar-refractivity contribution in [2.24, 2.45) is 0 Å². The fourth-order valence-electron chi connectivity index (χ4n) is 4.94. The number of ether oxygens (including phenoxy) is 2. The monoisotopic (exact) mass is 607 g/mol. The molecular formula is C33H41N3O6S. The number of sulfonamides is 1. The number of carbonyl (C=O) groups is 2. The average molecular weight is 608 g/mol. The highest BCUT2D eigenvalue weighted by molar-refractivity contribution is 7.92. The minimum Gasteiger partial charge on any atom is -0.454 e. The molecule has 0 saturated heterocycles. The van der Waals surface area contributed by atoms with E-state index in [1.807, 2.05) is 82.3 Å². The summed E-state index contributed by atoms with van der Waals surface area (Å²) in [7, 11) is -3.65. The van der Waals surface area contributed by atoms with E-state index in [4.69, 9.17) is 9.47 Å². The fourth-order valence-corrected chi connectivity index (χ4v) is 5.90. The molecular weight excluding hydrogens is 566 g/mol. The Labute approximate surface area is 254 Å². The van der Waals surface area contributed by atoms with Gasteiger partial charge in [0.25, 0.3) is 0 Å². The first-order valence-electron chi connectivity index (χ1n) is 14.4. The van der Waals surface area contributed by atoms with Gasteiger partial charge in [-0.1, -0.05) is 60.2 Å². The maximum Gasteiger partial charge on any atom is 0.243 e. The van der Waals surface area contributed by atoms with Crippen LogP contribution >= 0.6 is 0 Å². The largest absolute Gasteiger partial charge is 0.454 e. The number of aryl methyl sites for hydroxylation is 1. The lowest BCUT2D eigenvalue weighted by Gasteiger charge is -2.34. The zero-order valence-corrected chi connectivity index (χ0v) is 26.3. The molecule has 0 spiro atoms.